The van der Waals surface area contributed by atoms with E-state index in [9.17, 15) is 4.79 Å². The Labute approximate surface area is 187 Å². The van der Waals surface area contributed by atoms with E-state index in [1.54, 1.807) is 17.1 Å². The summed E-state index contributed by atoms with van der Waals surface area (Å²) in [5, 5.41) is 7.39. The number of amides is 1. The summed E-state index contributed by atoms with van der Waals surface area (Å²) in [7, 11) is 1.88. The van der Waals surface area contributed by atoms with Crippen molar-refractivity contribution in [3.8, 4) is 0 Å². The van der Waals surface area contributed by atoms with Gasteiger partial charge >= 0.3 is 0 Å². The topological polar surface area (TPSA) is 75.9 Å². The highest BCUT2D eigenvalue weighted by atomic mass is 16.2. The fourth-order valence-corrected chi connectivity index (χ4v) is 5.30. The van der Waals surface area contributed by atoms with E-state index in [1.807, 2.05) is 25.4 Å². The average molecular weight is 427 g/mol. The van der Waals surface area contributed by atoms with Crippen molar-refractivity contribution < 1.29 is 4.79 Å². The summed E-state index contributed by atoms with van der Waals surface area (Å²) in [6.45, 7) is 0. The summed E-state index contributed by atoms with van der Waals surface area (Å²) >= 11 is 0. The summed E-state index contributed by atoms with van der Waals surface area (Å²) < 4.78 is 1.74. The molecule has 1 saturated heterocycles. The van der Waals surface area contributed by atoms with Crippen LogP contribution in [0.1, 0.15) is 42.9 Å². The zero-order valence-corrected chi connectivity index (χ0v) is 18.1. The molecule has 6 rings (SSSR count). The van der Waals surface area contributed by atoms with Crippen molar-refractivity contribution >= 4 is 23.1 Å². The van der Waals surface area contributed by atoms with E-state index in [1.165, 1.54) is 11.1 Å². The fourth-order valence-electron chi connectivity index (χ4n) is 5.30. The van der Waals surface area contributed by atoms with Gasteiger partial charge in [-0.2, -0.15) is 5.10 Å². The van der Waals surface area contributed by atoms with E-state index < -0.39 is 0 Å². The molecule has 1 amide bonds. The molecule has 7 heteroatoms. The van der Waals surface area contributed by atoms with E-state index in [4.69, 9.17) is 4.98 Å². The maximum absolute atomic E-state index is 13.4. The van der Waals surface area contributed by atoms with Gasteiger partial charge in [-0.05, 0) is 48.8 Å². The molecule has 1 aliphatic carbocycles. The van der Waals surface area contributed by atoms with Gasteiger partial charge in [-0.25, -0.2) is 9.97 Å². The van der Waals surface area contributed by atoms with Crippen LogP contribution >= 0.6 is 0 Å². The highest BCUT2D eigenvalue weighted by Gasteiger charge is 2.50. The van der Waals surface area contributed by atoms with Crippen LogP contribution in [0.5, 0.6) is 0 Å². The van der Waals surface area contributed by atoms with Gasteiger partial charge < -0.3 is 10.2 Å². The van der Waals surface area contributed by atoms with Crippen LogP contribution in [0.3, 0.4) is 0 Å². The summed E-state index contributed by atoms with van der Waals surface area (Å²) in [5.74, 6) is 1.43. The van der Waals surface area contributed by atoms with Gasteiger partial charge in [0.25, 0.3) is 0 Å². The van der Waals surface area contributed by atoms with Gasteiger partial charge in [-0.15, -0.1) is 0 Å². The van der Waals surface area contributed by atoms with Crippen LogP contribution in [0.2, 0.25) is 0 Å². The lowest BCUT2D eigenvalue weighted by atomic mass is 9.97. The Hall–Kier alpha value is -3.48. The Morgan fingerprint density at radius 1 is 1.16 bits per heavy atom. The Bertz CT molecular complexity index is 1190. The molecule has 162 valence electrons. The van der Waals surface area contributed by atoms with Crippen molar-refractivity contribution in [3.63, 3.8) is 0 Å². The van der Waals surface area contributed by atoms with E-state index in [0.717, 1.165) is 37.1 Å². The summed E-state index contributed by atoms with van der Waals surface area (Å²) in [6, 6.07) is 12.9. The molecule has 2 bridgehead atoms. The molecule has 32 heavy (non-hydrogen) atoms. The predicted octanol–water partition coefficient (Wildman–Crippen LogP) is 3.90. The monoisotopic (exact) mass is 426 g/mol. The van der Waals surface area contributed by atoms with Gasteiger partial charge in [0.2, 0.25) is 11.9 Å². The molecule has 7 nitrogen and oxygen atoms in total. The smallest absolute Gasteiger partial charge is 0.227 e. The molecule has 0 spiro atoms. The van der Waals surface area contributed by atoms with Crippen LogP contribution in [0.25, 0.3) is 5.57 Å². The Balaban J connectivity index is 1.18. The SMILES string of the molecule is Cn1cc(Nc2nccc(C3=CC4CCC(C3)N4C(=O)C3CC3c3ccccc3)n2)cn1. The lowest BCUT2D eigenvalue weighted by Crippen LogP contribution is -2.44. The summed E-state index contributed by atoms with van der Waals surface area (Å²) in [6.07, 6.45) is 11.6. The number of carbonyl (C=O) groups excluding carboxylic acids is 1. The number of aromatic nitrogens is 4. The van der Waals surface area contributed by atoms with Crippen LogP contribution in [0.4, 0.5) is 11.6 Å². The number of aryl methyl sites for hydroxylation is 1. The molecule has 4 heterocycles. The number of benzene rings is 1. The molecule has 0 radical (unpaired) electrons. The standard InChI is InChI=1S/C25H26N6O/c1-30-15-18(14-27-30)28-25-26-10-9-23(29-25)17-11-19-7-8-20(12-17)31(19)24(32)22-13-21(22)16-5-3-2-4-6-16/h2-6,9-11,14-15,19-22H,7-8,12-13H2,1H3,(H,26,28,29). The molecule has 3 aromatic rings. The zero-order valence-electron chi connectivity index (χ0n) is 18.1. The van der Waals surface area contributed by atoms with Crippen LogP contribution < -0.4 is 5.32 Å². The number of anilines is 2. The predicted molar refractivity (Wildman–Crippen MR) is 122 cm³/mol. The van der Waals surface area contributed by atoms with Crippen LogP contribution in [0, 0.1) is 5.92 Å². The summed E-state index contributed by atoms with van der Waals surface area (Å²) in [5.41, 5.74) is 4.30. The van der Waals surface area contributed by atoms with Crippen molar-refractivity contribution in [3.05, 3.63) is 72.3 Å². The van der Waals surface area contributed by atoms with Gasteiger partial charge in [0.1, 0.15) is 0 Å². The van der Waals surface area contributed by atoms with Crippen molar-refractivity contribution in [2.24, 2.45) is 13.0 Å². The van der Waals surface area contributed by atoms with Gasteiger partial charge in [0.05, 0.1) is 23.6 Å². The number of nitrogens with one attached hydrogen (secondary N) is 1. The zero-order chi connectivity index (χ0) is 21.7. The largest absolute Gasteiger partial charge is 0.333 e. The Morgan fingerprint density at radius 2 is 2.03 bits per heavy atom. The highest BCUT2D eigenvalue weighted by Crippen LogP contribution is 2.50. The first kappa shape index (κ1) is 19.2. The van der Waals surface area contributed by atoms with Crippen LogP contribution in [-0.4, -0.2) is 42.6 Å². The van der Waals surface area contributed by atoms with E-state index >= 15 is 0 Å². The molecule has 4 unspecified atom stereocenters. The van der Waals surface area contributed by atoms with Gasteiger partial charge in [-0.3, -0.25) is 9.48 Å². The lowest BCUT2D eigenvalue weighted by molar-refractivity contribution is -0.134. The number of fused-ring (bicyclic) bond motifs is 2. The van der Waals surface area contributed by atoms with Crippen molar-refractivity contribution in [1.82, 2.24) is 24.6 Å². The number of hydrogen-bond donors (Lipinski definition) is 1. The molecular formula is C25H26N6O. The molecule has 1 saturated carbocycles. The van der Waals surface area contributed by atoms with E-state index in [0.29, 0.717) is 17.8 Å². The molecule has 2 aliphatic heterocycles. The van der Waals surface area contributed by atoms with Gasteiger partial charge in [-0.1, -0.05) is 36.4 Å². The van der Waals surface area contributed by atoms with Crippen LogP contribution in [0.15, 0.2) is 61.1 Å². The molecule has 3 aliphatic rings. The second kappa shape index (κ2) is 7.58. The molecule has 2 fully saturated rings. The van der Waals surface area contributed by atoms with Crippen LogP contribution in [-0.2, 0) is 11.8 Å². The minimum atomic E-state index is 0.143. The second-order valence-corrected chi connectivity index (χ2v) is 9.09. The van der Waals surface area contributed by atoms with E-state index in [2.05, 4.69) is 50.6 Å². The number of hydrogen-bond acceptors (Lipinski definition) is 5. The number of carbonyl (C=O) groups is 1. The fraction of sp³-hybridized carbons (Fsp3) is 0.360. The van der Waals surface area contributed by atoms with Crippen molar-refractivity contribution in [2.75, 3.05) is 5.32 Å². The minimum absolute atomic E-state index is 0.143. The highest BCUT2D eigenvalue weighted by molar-refractivity contribution is 5.85. The number of nitrogens with zero attached hydrogens (tertiary/aromatic N) is 5. The minimum Gasteiger partial charge on any atom is -0.333 e. The first-order chi connectivity index (χ1) is 15.7. The maximum Gasteiger partial charge on any atom is 0.227 e. The van der Waals surface area contributed by atoms with Gasteiger partial charge in [0.15, 0.2) is 0 Å². The maximum atomic E-state index is 13.4. The molecular weight excluding hydrogens is 400 g/mol. The normalized spacial score (nSPS) is 26.0. The molecule has 4 atom stereocenters. The first-order valence-electron chi connectivity index (χ1n) is 11.3. The number of rotatable bonds is 5. The van der Waals surface area contributed by atoms with Crippen molar-refractivity contribution in [1.29, 1.82) is 0 Å². The molecule has 2 aromatic heterocycles. The summed E-state index contributed by atoms with van der Waals surface area (Å²) in [4.78, 5) is 24.6. The third kappa shape index (κ3) is 3.47. The lowest BCUT2D eigenvalue weighted by Gasteiger charge is -2.34. The molecule has 1 N–H and O–H groups in total. The second-order valence-electron chi connectivity index (χ2n) is 9.09. The Morgan fingerprint density at radius 3 is 2.81 bits per heavy atom. The first-order valence-corrected chi connectivity index (χ1v) is 11.3. The van der Waals surface area contributed by atoms with Crippen molar-refractivity contribution in [2.45, 2.75) is 43.7 Å². The Kier molecular flexibility index (Phi) is 4.56. The average Bonchev–Trinajstić information content (AvgIpc) is 3.45. The molecule has 1 aromatic carbocycles. The third-order valence-corrected chi connectivity index (χ3v) is 6.93. The quantitative estimate of drug-likeness (QED) is 0.670. The van der Waals surface area contributed by atoms with E-state index in [-0.39, 0.29) is 18.0 Å². The third-order valence-electron chi connectivity index (χ3n) is 6.93. The van der Waals surface area contributed by atoms with Gasteiger partial charge in [0, 0.05) is 31.4 Å².